The molecular weight excluding hydrogens is 270 g/mol. The van der Waals surface area contributed by atoms with E-state index in [-0.39, 0.29) is 5.41 Å². The van der Waals surface area contributed by atoms with Gasteiger partial charge in [-0.3, -0.25) is 4.90 Å². The maximum Gasteiger partial charge on any atom is 0.0677 e. The number of thiophene rings is 1. The summed E-state index contributed by atoms with van der Waals surface area (Å²) in [7, 11) is 1.82. The van der Waals surface area contributed by atoms with Gasteiger partial charge in [0.15, 0.2) is 0 Å². The van der Waals surface area contributed by atoms with Crippen LogP contribution in [0.15, 0.2) is 12.1 Å². The van der Waals surface area contributed by atoms with Crippen LogP contribution in [0.4, 0.5) is 0 Å². The van der Waals surface area contributed by atoms with Crippen molar-refractivity contribution < 1.29 is 9.47 Å². The third-order valence-corrected chi connectivity index (χ3v) is 5.66. The second-order valence-corrected chi connectivity index (χ2v) is 7.64. The molecule has 2 atom stereocenters. The summed E-state index contributed by atoms with van der Waals surface area (Å²) in [6, 6.07) is 4.49. The molecule has 0 spiro atoms. The van der Waals surface area contributed by atoms with Gasteiger partial charge in [0.2, 0.25) is 0 Å². The normalized spacial score (nSPS) is 31.2. The van der Waals surface area contributed by atoms with Crippen LogP contribution < -0.4 is 0 Å². The topological polar surface area (TPSA) is 21.7 Å². The van der Waals surface area contributed by atoms with Gasteiger partial charge in [-0.25, -0.2) is 0 Å². The van der Waals surface area contributed by atoms with Gasteiger partial charge in [-0.2, -0.15) is 0 Å². The quantitative estimate of drug-likeness (QED) is 0.852. The van der Waals surface area contributed by atoms with Gasteiger partial charge in [-0.15, -0.1) is 11.3 Å². The highest BCUT2D eigenvalue weighted by atomic mass is 32.1. The van der Waals surface area contributed by atoms with Gasteiger partial charge in [0, 0.05) is 48.5 Å². The van der Waals surface area contributed by atoms with Crippen LogP contribution >= 0.6 is 11.3 Å². The van der Waals surface area contributed by atoms with Crippen molar-refractivity contribution in [1.82, 2.24) is 4.90 Å². The molecule has 112 valence electrons. The van der Waals surface area contributed by atoms with Gasteiger partial charge < -0.3 is 9.47 Å². The maximum absolute atomic E-state index is 6.04. The van der Waals surface area contributed by atoms with E-state index in [2.05, 4.69) is 24.0 Å². The predicted molar refractivity (Wildman–Crippen MR) is 82.2 cm³/mol. The lowest BCUT2D eigenvalue weighted by Gasteiger charge is -2.50. The minimum absolute atomic E-state index is 0.220. The zero-order valence-electron chi connectivity index (χ0n) is 12.6. The third kappa shape index (κ3) is 2.93. The first kappa shape index (κ1) is 14.5. The molecule has 0 amide bonds. The highest BCUT2D eigenvalue weighted by molar-refractivity contribution is 7.11. The number of nitrogens with zero attached hydrogens (tertiary/aromatic N) is 1. The van der Waals surface area contributed by atoms with E-state index in [1.54, 1.807) is 0 Å². The first-order chi connectivity index (χ1) is 9.72. The van der Waals surface area contributed by atoms with E-state index >= 15 is 0 Å². The van der Waals surface area contributed by atoms with Crippen LogP contribution in [0, 0.1) is 12.3 Å². The van der Waals surface area contributed by atoms with E-state index < -0.39 is 0 Å². The lowest BCUT2D eigenvalue weighted by atomic mass is 9.73. The summed E-state index contributed by atoms with van der Waals surface area (Å²) in [6.45, 7) is 7.28. The Morgan fingerprint density at radius 3 is 3.15 bits per heavy atom. The number of fused-ring (bicyclic) bond motifs is 1. The first-order valence-corrected chi connectivity index (χ1v) is 8.42. The molecule has 0 radical (unpaired) electrons. The van der Waals surface area contributed by atoms with E-state index in [0.717, 1.165) is 39.3 Å². The summed E-state index contributed by atoms with van der Waals surface area (Å²) in [5.74, 6) is 0. The van der Waals surface area contributed by atoms with Crippen LogP contribution in [0.3, 0.4) is 0 Å². The number of hydrogen-bond acceptors (Lipinski definition) is 4. The molecule has 3 rings (SSSR count). The highest BCUT2D eigenvalue weighted by Gasteiger charge is 2.45. The smallest absolute Gasteiger partial charge is 0.0677 e. The third-order valence-electron chi connectivity index (χ3n) is 4.67. The van der Waals surface area contributed by atoms with Crippen molar-refractivity contribution >= 4 is 11.3 Å². The van der Waals surface area contributed by atoms with E-state index in [4.69, 9.17) is 9.47 Å². The highest BCUT2D eigenvalue weighted by Crippen LogP contribution is 2.40. The van der Waals surface area contributed by atoms with Crippen molar-refractivity contribution in [2.24, 2.45) is 5.41 Å². The molecule has 4 heteroatoms. The molecule has 3 nitrogen and oxygen atoms in total. The molecule has 1 aromatic heterocycles. The molecule has 0 unspecified atom stereocenters. The summed E-state index contributed by atoms with van der Waals surface area (Å²) in [5, 5.41) is 0. The minimum Gasteiger partial charge on any atom is -0.384 e. The second kappa shape index (κ2) is 6.14. The van der Waals surface area contributed by atoms with Crippen LogP contribution in [0.25, 0.3) is 0 Å². The van der Waals surface area contributed by atoms with Crippen LogP contribution in [0.2, 0.25) is 0 Å². The van der Waals surface area contributed by atoms with Crippen LogP contribution in [-0.4, -0.2) is 44.4 Å². The van der Waals surface area contributed by atoms with Crippen molar-refractivity contribution in [3.05, 3.63) is 21.9 Å². The molecule has 20 heavy (non-hydrogen) atoms. The van der Waals surface area contributed by atoms with Crippen molar-refractivity contribution in [3.63, 3.8) is 0 Å². The summed E-state index contributed by atoms with van der Waals surface area (Å²) in [5.41, 5.74) is 0.220. The van der Waals surface area contributed by atoms with Crippen molar-refractivity contribution in [1.29, 1.82) is 0 Å². The van der Waals surface area contributed by atoms with E-state index in [1.165, 1.54) is 22.6 Å². The lowest BCUT2D eigenvalue weighted by molar-refractivity contribution is -0.149. The molecule has 2 fully saturated rings. The lowest BCUT2D eigenvalue weighted by Crippen LogP contribution is -2.56. The molecule has 2 aliphatic rings. The van der Waals surface area contributed by atoms with Crippen molar-refractivity contribution in [2.75, 3.05) is 33.4 Å². The maximum atomic E-state index is 6.04. The number of piperidine rings is 1. The fourth-order valence-corrected chi connectivity index (χ4v) is 4.74. The molecule has 0 aliphatic carbocycles. The Labute approximate surface area is 125 Å². The molecule has 0 N–H and O–H groups in total. The molecule has 0 saturated carbocycles. The van der Waals surface area contributed by atoms with Gasteiger partial charge in [0.1, 0.15) is 0 Å². The Kier molecular flexibility index (Phi) is 4.46. The van der Waals surface area contributed by atoms with Gasteiger partial charge in [-0.05, 0) is 38.3 Å². The molecule has 0 aromatic carbocycles. The number of rotatable bonds is 4. The average Bonchev–Trinajstić information content (AvgIpc) is 2.84. The van der Waals surface area contributed by atoms with E-state index in [9.17, 15) is 0 Å². The van der Waals surface area contributed by atoms with Crippen LogP contribution in [-0.2, 0) is 16.0 Å². The summed E-state index contributed by atoms with van der Waals surface area (Å²) >= 11 is 1.92. The second-order valence-electron chi connectivity index (χ2n) is 6.27. The molecule has 2 aliphatic heterocycles. The van der Waals surface area contributed by atoms with Gasteiger partial charge in [0.05, 0.1) is 12.7 Å². The fraction of sp³-hybridized carbons (Fsp3) is 0.750. The van der Waals surface area contributed by atoms with Crippen LogP contribution in [0.5, 0.6) is 0 Å². The standard InChI is InChI=1S/C16H25NO2S/c1-13-4-5-14(20-13)10-17-8-6-15-16(11-17,12-18-2)7-3-9-19-15/h4-5,15H,3,6-12H2,1-2H3/t15-,16+/m1/s1. The Hall–Kier alpha value is -0.420. The average molecular weight is 295 g/mol. The van der Waals surface area contributed by atoms with Gasteiger partial charge >= 0.3 is 0 Å². The van der Waals surface area contributed by atoms with Gasteiger partial charge in [0.25, 0.3) is 0 Å². The molecule has 0 bridgehead atoms. The number of hydrogen-bond donors (Lipinski definition) is 0. The summed E-state index contributed by atoms with van der Waals surface area (Å²) in [4.78, 5) is 5.47. The SMILES string of the molecule is COC[C@@]12CCCO[C@@H]1CCN(Cc1ccc(C)s1)C2. The summed E-state index contributed by atoms with van der Waals surface area (Å²) in [6.07, 6.45) is 3.96. The fourth-order valence-electron chi connectivity index (χ4n) is 3.81. The van der Waals surface area contributed by atoms with Crippen molar-refractivity contribution in [2.45, 2.75) is 38.8 Å². The predicted octanol–water partition coefficient (Wildman–Crippen LogP) is 3.07. The van der Waals surface area contributed by atoms with Crippen molar-refractivity contribution in [3.8, 4) is 0 Å². The zero-order chi connectivity index (χ0) is 14.0. The Morgan fingerprint density at radius 1 is 1.50 bits per heavy atom. The Bertz CT molecular complexity index is 443. The number of likely N-dealkylation sites (tertiary alicyclic amines) is 1. The minimum atomic E-state index is 0.220. The summed E-state index contributed by atoms with van der Waals surface area (Å²) < 4.78 is 11.6. The molecule has 2 saturated heterocycles. The number of aryl methyl sites for hydroxylation is 1. The Morgan fingerprint density at radius 2 is 2.40 bits per heavy atom. The largest absolute Gasteiger partial charge is 0.384 e. The monoisotopic (exact) mass is 295 g/mol. The number of methoxy groups -OCH3 is 1. The zero-order valence-corrected chi connectivity index (χ0v) is 13.4. The molecule has 1 aromatic rings. The molecule has 3 heterocycles. The van der Waals surface area contributed by atoms with E-state index in [1.807, 2.05) is 18.4 Å². The Balaban J connectivity index is 1.69. The number of ether oxygens (including phenoxy) is 2. The molecular formula is C16H25NO2S. The van der Waals surface area contributed by atoms with E-state index in [0.29, 0.717) is 6.10 Å². The first-order valence-electron chi connectivity index (χ1n) is 7.60. The van der Waals surface area contributed by atoms with Crippen LogP contribution in [0.1, 0.15) is 29.0 Å². The van der Waals surface area contributed by atoms with Gasteiger partial charge in [-0.1, -0.05) is 0 Å².